The number of nitrogens with one attached hydrogen (secondary N) is 2. The van der Waals surface area contributed by atoms with Crippen LogP contribution in [0.5, 0.6) is 11.5 Å². The van der Waals surface area contributed by atoms with E-state index in [4.69, 9.17) is 39.5 Å². The highest BCUT2D eigenvalue weighted by Gasteiger charge is 2.18. The van der Waals surface area contributed by atoms with Gasteiger partial charge in [0.1, 0.15) is 17.5 Å². The zero-order valence-electron chi connectivity index (χ0n) is 16.0. The first-order valence-corrected chi connectivity index (χ1v) is 10.00. The van der Waals surface area contributed by atoms with Gasteiger partial charge in [0.25, 0.3) is 5.91 Å². The van der Waals surface area contributed by atoms with Crippen molar-refractivity contribution < 1.29 is 19.0 Å². The molecule has 1 heterocycles. The monoisotopic (exact) mass is 481 g/mol. The largest absolute Gasteiger partial charge is 0.453 e. The SMILES string of the molecule is C[C@@H](O)C#Cc1cc(Cl)cc(Oc2c(Cl)ccc(CNC(=O)c3[nH]cnc3Cl)c2F)c1. The smallest absolute Gasteiger partial charge is 0.271 e. The molecule has 1 amide bonds. The average molecular weight is 483 g/mol. The van der Waals surface area contributed by atoms with Crippen LogP contribution in [0.25, 0.3) is 0 Å². The number of benzene rings is 2. The van der Waals surface area contributed by atoms with Crippen LogP contribution in [-0.4, -0.2) is 27.1 Å². The fourth-order valence-electron chi connectivity index (χ4n) is 2.50. The minimum Gasteiger partial charge on any atom is -0.453 e. The highest BCUT2D eigenvalue weighted by atomic mass is 35.5. The summed E-state index contributed by atoms with van der Waals surface area (Å²) in [5.74, 6) is 4.01. The summed E-state index contributed by atoms with van der Waals surface area (Å²) in [5, 5.41) is 12.2. The summed E-state index contributed by atoms with van der Waals surface area (Å²) in [6.45, 7) is 1.38. The Morgan fingerprint density at radius 3 is 2.77 bits per heavy atom. The Morgan fingerprint density at radius 1 is 1.32 bits per heavy atom. The molecule has 0 saturated heterocycles. The number of halogens is 4. The van der Waals surface area contributed by atoms with Gasteiger partial charge in [-0.1, -0.05) is 52.7 Å². The Bertz CT molecular complexity index is 1190. The number of rotatable bonds is 5. The molecule has 0 unspecified atom stereocenters. The first-order chi connectivity index (χ1) is 14.7. The minimum absolute atomic E-state index is 0.00792. The second kappa shape index (κ2) is 10.0. The van der Waals surface area contributed by atoms with Crippen molar-refractivity contribution in [3.05, 3.63) is 74.5 Å². The van der Waals surface area contributed by atoms with Crippen molar-refractivity contribution in [2.45, 2.75) is 19.6 Å². The molecule has 160 valence electrons. The maximum absolute atomic E-state index is 15.0. The third-order valence-corrected chi connectivity index (χ3v) is 4.71. The summed E-state index contributed by atoms with van der Waals surface area (Å²) < 4.78 is 20.7. The van der Waals surface area contributed by atoms with Gasteiger partial charge in [-0.05, 0) is 31.2 Å². The van der Waals surface area contributed by atoms with Gasteiger partial charge in [0, 0.05) is 22.7 Å². The number of aromatic amines is 1. The summed E-state index contributed by atoms with van der Waals surface area (Å²) in [6, 6.07) is 7.46. The van der Waals surface area contributed by atoms with Crippen LogP contribution in [0.3, 0.4) is 0 Å². The molecule has 0 saturated carbocycles. The molecule has 0 aliphatic heterocycles. The van der Waals surface area contributed by atoms with Gasteiger partial charge in [-0.25, -0.2) is 9.37 Å². The number of H-pyrrole nitrogens is 1. The molecular formula is C21H15Cl3FN3O3. The van der Waals surface area contributed by atoms with Gasteiger partial charge in [0.15, 0.2) is 16.7 Å². The zero-order chi connectivity index (χ0) is 22.5. The van der Waals surface area contributed by atoms with Crippen LogP contribution in [0, 0.1) is 17.7 Å². The Labute approximate surface area is 192 Å². The molecule has 2 aromatic carbocycles. The number of ether oxygens (including phenoxy) is 1. The number of aromatic nitrogens is 2. The molecular weight excluding hydrogens is 468 g/mol. The lowest BCUT2D eigenvalue weighted by molar-refractivity contribution is 0.0946. The Hall–Kier alpha value is -2.76. The van der Waals surface area contributed by atoms with Crippen LogP contribution >= 0.6 is 34.8 Å². The van der Waals surface area contributed by atoms with Crippen LogP contribution in [0.1, 0.15) is 28.5 Å². The number of carbonyl (C=O) groups excluding carboxylic acids is 1. The normalized spacial score (nSPS) is 11.4. The molecule has 10 heteroatoms. The van der Waals surface area contributed by atoms with Crippen molar-refractivity contribution in [1.82, 2.24) is 15.3 Å². The topological polar surface area (TPSA) is 87.2 Å². The summed E-state index contributed by atoms with van der Waals surface area (Å²) in [5.41, 5.74) is 0.677. The van der Waals surface area contributed by atoms with Crippen LogP contribution < -0.4 is 10.1 Å². The lowest BCUT2D eigenvalue weighted by atomic mass is 10.2. The van der Waals surface area contributed by atoms with Crippen molar-refractivity contribution in [3.63, 3.8) is 0 Å². The van der Waals surface area contributed by atoms with Gasteiger partial charge in [-0.15, -0.1) is 0 Å². The molecule has 1 atom stereocenters. The van der Waals surface area contributed by atoms with Gasteiger partial charge in [-0.2, -0.15) is 0 Å². The second-order valence-electron chi connectivity index (χ2n) is 6.32. The van der Waals surface area contributed by atoms with E-state index in [1.54, 1.807) is 6.07 Å². The van der Waals surface area contributed by atoms with Crippen LogP contribution in [0.4, 0.5) is 4.39 Å². The number of amides is 1. The fourth-order valence-corrected chi connectivity index (χ4v) is 3.10. The van der Waals surface area contributed by atoms with E-state index in [-0.39, 0.29) is 39.5 Å². The number of carbonyl (C=O) groups is 1. The van der Waals surface area contributed by atoms with E-state index in [2.05, 4.69) is 27.1 Å². The highest BCUT2D eigenvalue weighted by Crippen LogP contribution is 2.35. The molecule has 0 spiro atoms. The Morgan fingerprint density at radius 2 is 2.10 bits per heavy atom. The molecule has 0 radical (unpaired) electrons. The average Bonchev–Trinajstić information content (AvgIpc) is 3.14. The van der Waals surface area contributed by atoms with Crippen molar-refractivity contribution in [3.8, 4) is 23.3 Å². The number of nitrogens with zero attached hydrogens (tertiary/aromatic N) is 1. The molecule has 3 rings (SSSR count). The molecule has 3 aromatic rings. The maximum atomic E-state index is 15.0. The van der Waals surface area contributed by atoms with Crippen molar-refractivity contribution >= 4 is 40.7 Å². The van der Waals surface area contributed by atoms with Crippen molar-refractivity contribution in [2.75, 3.05) is 0 Å². The van der Waals surface area contributed by atoms with E-state index in [1.165, 1.54) is 37.5 Å². The first-order valence-electron chi connectivity index (χ1n) is 8.86. The van der Waals surface area contributed by atoms with E-state index in [9.17, 15) is 9.90 Å². The lowest BCUT2D eigenvalue weighted by Gasteiger charge is -2.13. The number of hydrogen-bond acceptors (Lipinski definition) is 4. The van der Waals surface area contributed by atoms with Crippen molar-refractivity contribution in [1.29, 1.82) is 0 Å². The van der Waals surface area contributed by atoms with E-state index >= 15 is 4.39 Å². The molecule has 6 nitrogen and oxygen atoms in total. The third kappa shape index (κ3) is 5.90. The number of aliphatic hydroxyl groups is 1. The van der Waals surface area contributed by atoms with E-state index < -0.39 is 17.8 Å². The van der Waals surface area contributed by atoms with Gasteiger partial charge in [0.2, 0.25) is 0 Å². The summed E-state index contributed by atoms with van der Waals surface area (Å²) >= 11 is 18.0. The van der Waals surface area contributed by atoms with Gasteiger partial charge < -0.3 is 20.1 Å². The zero-order valence-corrected chi connectivity index (χ0v) is 18.2. The molecule has 3 N–H and O–H groups in total. The van der Waals surface area contributed by atoms with Crippen LogP contribution in [0.15, 0.2) is 36.7 Å². The number of aliphatic hydroxyl groups excluding tert-OH is 1. The van der Waals surface area contributed by atoms with Gasteiger partial charge in [0.05, 0.1) is 11.3 Å². The quantitative estimate of drug-likeness (QED) is 0.448. The lowest BCUT2D eigenvalue weighted by Crippen LogP contribution is -2.24. The first kappa shape index (κ1) is 22.9. The Balaban J connectivity index is 1.82. The standard InChI is InChI=1S/C21H15Cl3FN3O3/c1-11(29)2-3-12-6-14(22)8-15(7-12)31-19-16(23)5-4-13(17(19)25)9-26-21(30)18-20(24)28-10-27-18/h4-8,10-11,29H,9H2,1H3,(H,26,30)(H,27,28)/t11-/m1/s1. The van der Waals surface area contributed by atoms with E-state index in [1.807, 2.05) is 0 Å². The predicted molar refractivity (Wildman–Crippen MR) is 116 cm³/mol. The number of hydrogen-bond donors (Lipinski definition) is 3. The second-order valence-corrected chi connectivity index (χ2v) is 7.53. The van der Waals surface area contributed by atoms with Gasteiger partial charge >= 0.3 is 0 Å². The van der Waals surface area contributed by atoms with Gasteiger partial charge in [-0.3, -0.25) is 4.79 Å². The fraction of sp³-hybridized carbons (Fsp3) is 0.143. The van der Waals surface area contributed by atoms with E-state index in [0.717, 1.165) is 0 Å². The molecule has 31 heavy (non-hydrogen) atoms. The van der Waals surface area contributed by atoms with E-state index in [0.29, 0.717) is 10.6 Å². The summed E-state index contributed by atoms with van der Waals surface area (Å²) in [7, 11) is 0. The molecule has 1 aromatic heterocycles. The van der Waals surface area contributed by atoms with Crippen LogP contribution in [-0.2, 0) is 6.54 Å². The summed E-state index contributed by atoms with van der Waals surface area (Å²) in [6.07, 6.45) is 0.454. The molecule has 0 aliphatic rings. The minimum atomic E-state index is -0.821. The Kier molecular flexibility index (Phi) is 7.42. The summed E-state index contributed by atoms with van der Waals surface area (Å²) in [4.78, 5) is 18.5. The molecule has 0 aliphatic carbocycles. The van der Waals surface area contributed by atoms with Crippen LogP contribution in [0.2, 0.25) is 15.2 Å². The molecule has 0 bridgehead atoms. The predicted octanol–water partition coefficient (Wildman–Crippen LogP) is 4.96. The molecule has 0 fully saturated rings. The highest BCUT2D eigenvalue weighted by molar-refractivity contribution is 6.32. The van der Waals surface area contributed by atoms with Crippen molar-refractivity contribution in [2.24, 2.45) is 0 Å². The number of imidazole rings is 1. The maximum Gasteiger partial charge on any atom is 0.271 e. The third-order valence-electron chi connectivity index (χ3n) is 3.91.